The molecule has 0 saturated heterocycles. The normalized spacial score (nSPS) is 9.81. The van der Waals surface area contributed by atoms with Gasteiger partial charge >= 0.3 is 5.97 Å². The van der Waals surface area contributed by atoms with E-state index < -0.39 is 5.97 Å². The predicted molar refractivity (Wildman–Crippen MR) is 58.8 cm³/mol. The van der Waals surface area contributed by atoms with E-state index >= 15 is 0 Å². The van der Waals surface area contributed by atoms with E-state index in [-0.39, 0.29) is 0 Å². The van der Waals surface area contributed by atoms with Crippen LogP contribution in [0.3, 0.4) is 0 Å². The molecule has 80 valence electrons. The number of aromatic nitrogens is 2. The van der Waals surface area contributed by atoms with Crippen LogP contribution < -0.4 is 0 Å². The summed E-state index contributed by atoms with van der Waals surface area (Å²) in [5, 5.41) is 0. The lowest BCUT2D eigenvalue weighted by Gasteiger charge is -2.05. The minimum atomic E-state index is -0.445. The Kier molecular flexibility index (Phi) is 2.91. The van der Waals surface area contributed by atoms with Gasteiger partial charge in [0, 0.05) is 29.7 Å². The summed E-state index contributed by atoms with van der Waals surface area (Å²) in [4.78, 5) is 19.5. The zero-order chi connectivity index (χ0) is 11.4. The Labute approximate surface area is 92.9 Å². The molecule has 0 fully saturated rings. The Bertz CT molecular complexity index is 497. The third kappa shape index (κ3) is 1.91. The molecular formula is C12H10N2O2. The van der Waals surface area contributed by atoms with Crippen LogP contribution in [0.1, 0.15) is 10.5 Å². The Morgan fingerprint density at radius 1 is 1.25 bits per heavy atom. The van der Waals surface area contributed by atoms with Crippen molar-refractivity contribution < 1.29 is 9.53 Å². The van der Waals surface area contributed by atoms with Crippen LogP contribution in [0.25, 0.3) is 11.1 Å². The quantitative estimate of drug-likeness (QED) is 0.717. The fraction of sp³-hybridized carbons (Fsp3) is 0.0833. The van der Waals surface area contributed by atoms with Gasteiger partial charge in [0.25, 0.3) is 0 Å². The monoisotopic (exact) mass is 214 g/mol. The van der Waals surface area contributed by atoms with Gasteiger partial charge in [-0.1, -0.05) is 12.1 Å². The third-order valence-corrected chi connectivity index (χ3v) is 2.16. The fourth-order valence-corrected chi connectivity index (χ4v) is 1.42. The molecule has 16 heavy (non-hydrogen) atoms. The van der Waals surface area contributed by atoms with Gasteiger partial charge in [0.2, 0.25) is 0 Å². The topological polar surface area (TPSA) is 52.1 Å². The van der Waals surface area contributed by atoms with E-state index in [1.165, 1.54) is 7.11 Å². The van der Waals surface area contributed by atoms with Crippen LogP contribution in [0.5, 0.6) is 0 Å². The van der Waals surface area contributed by atoms with E-state index in [4.69, 9.17) is 0 Å². The van der Waals surface area contributed by atoms with Crippen molar-refractivity contribution in [3.8, 4) is 11.1 Å². The Hall–Kier alpha value is -2.23. The largest absolute Gasteiger partial charge is 0.464 e. The second-order valence-corrected chi connectivity index (χ2v) is 3.13. The van der Waals surface area contributed by atoms with Gasteiger partial charge in [-0.2, -0.15) is 0 Å². The van der Waals surface area contributed by atoms with Crippen LogP contribution in [0.4, 0.5) is 0 Å². The molecule has 0 amide bonds. The molecule has 0 unspecified atom stereocenters. The van der Waals surface area contributed by atoms with Gasteiger partial charge in [0.05, 0.1) is 7.11 Å². The first-order valence-electron chi connectivity index (χ1n) is 4.76. The molecule has 4 heteroatoms. The van der Waals surface area contributed by atoms with Crippen molar-refractivity contribution in [2.24, 2.45) is 0 Å². The SMILES string of the molecule is COC(=O)c1ncccc1-c1cccnc1. The average Bonchev–Trinajstić information content (AvgIpc) is 2.39. The number of pyridine rings is 2. The molecule has 0 aromatic carbocycles. The van der Waals surface area contributed by atoms with Crippen molar-refractivity contribution in [1.82, 2.24) is 9.97 Å². The molecule has 0 aliphatic heterocycles. The molecule has 4 nitrogen and oxygen atoms in total. The van der Waals surface area contributed by atoms with Gasteiger partial charge < -0.3 is 4.74 Å². The number of rotatable bonds is 2. The first-order chi connectivity index (χ1) is 7.83. The third-order valence-electron chi connectivity index (χ3n) is 2.16. The second-order valence-electron chi connectivity index (χ2n) is 3.13. The highest BCUT2D eigenvalue weighted by molar-refractivity contribution is 5.94. The molecule has 0 saturated carbocycles. The number of ether oxygens (including phenoxy) is 1. The number of methoxy groups -OCH3 is 1. The maximum Gasteiger partial charge on any atom is 0.357 e. The molecule has 0 N–H and O–H groups in total. The lowest BCUT2D eigenvalue weighted by Crippen LogP contribution is -2.06. The highest BCUT2D eigenvalue weighted by Gasteiger charge is 2.13. The van der Waals surface area contributed by atoms with Crippen LogP contribution in [0.15, 0.2) is 42.9 Å². The van der Waals surface area contributed by atoms with Crippen molar-refractivity contribution in [3.63, 3.8) is 0 Å². The van der Waals surface area contributed by atoms with E-state index in [2.05, 4.69) is 14.7 Å². The second kappa shape index (κ2) is 4.53. The maximum absolute atomic E-state index is 11.5. The van der Waals surface area contributed by atoms with E-state index in [0.29, 0.717) is 5.69 Å². The Morgan fingerprint density at radius 2 is 2.06 bits per heavy atom. The first kappa shape index (κ1) is 10.3. The van der Waals surface area contributed by atoms with E-state index in [9.17, 15) is 4.79 Å². The van der Waals surface area contributed by atoms with Crippen LogP contribution in [-0.4, -0.2) is 23.0 Å². The molecule has 2 aromatic heterocycles. The summed E-state index contributed by atoms with van der Waals surface area (Å²) < 4.78 is 4.68. The maximum atomic E-state index is 11.5. The number of hydrogen-bond donors (Lipinski definition) is 0. The van der Waals surface area contributed by atoms with Crippen LogP contribution in [0, 0.1) is 0 Å². The first-order valence-corrected chi connectivity index (χ1v) is 4.76. The number of esters is 1. The van der Waals surface area contributed by atoms with Gasteiger partial charge in [-0.15, -0.1) is 0 Å². The van der Waals surface area contributed by atoms with Crippen LogP contribution >= 0.6 is 0 Å². The molecule has 0 spiro atoms. The molecule has 0 radical (unpaired) electrons. The summed E-state index contributed by atoms with van der Waals surface area (Å²) in [6.45, 7) is 0. The zero-order valence-corrected chi connectivity index (χ0v) is 8.75. The van der Waals surface area contributed by atoms with E-state index in [1.807, 2.05) is 18.2 Å². The van der Waals surface area contributed by atoms with E-state index in [0.717, 1.165) is 11.1 Å². The molecule has 0 bridgehead atoms. The van der Waals surface area contributed by atoms with Gasteiger partial charge in [0.15, 0.2) is 5.69 Å². The van der Waals surface area contributed by atoms with Gasteiger partial charge in [-0.05, 0) is 12.1 Å². The van der Waals surface area contributed by atoms with Crippen molar-refractivity contribution in [1.29, 1.82) is 0 Å². The number of carbonyl (C=O) groups is 1. The number of hydrogen-bond acceptors (Lipinski definition) is 4. The minimum absolute atomic E-state index is 0.304. The molecule has 2 rings (SSSR count). The molecule has 0 aliphatic rings. The summed E-state index contributed by atoms with van der Waals surface area (Å²) in [7, 11) is 1.34. The van der Waals surface area contributed by atoms with Crippen molar-refractivity contribution >= 4 is 5.97 Å². The lowest BCUT2D eigenvalue weighted by atomic mass is 10.1. The Balaban J connectivity index is 2.53. The summed E-state index contributed by atoms with van der Waals surface area (Å²) in [6, 6.07) is 7.27. The highest BCUT2D eigenvalue weighted by atomic mass is 16.5. The standard InChI is InChI=1S/C12H10N2O2/c1-16-12(15)11-10(5-3-7-14-11)9-4-2-6-13-8-9/h2-8H,1H3. The van der Waals surface area contributed by atoms with Gasteiger partial charge in [-0.3, -0.25) is 4.98 Å². The summed E-state index contributed by atoms with van der Waals surface area (Å²) >= 11 is 0. The molecule has 2 heterocycles. The van der Waals surface area contributed by atoms with Crippen molar-refractivity contribution in [2.45, 2.75) is 0 Å². The van der Waals surface area contributed by atoms with Crippen LogP contribution in [-0.2, 0) is 4.74 Å². The number of carbonyl (C=O) groups excluding carboxylic acids is 1. The van der Waals surface area contributed by atoms with Crippen LogP contribution in [0.2, 0.25) is 0 Å². The number of nitrogens with zero attached hydrogens (tertiary/aromatic N) is 2. The zero-order valence-electron chi connectivity index (χ0n) is 8.75. The van der Waals surface area contributed by atoms with Crippen molar-refractivity contribution in [2.75, 3.05) is 7.11 Å². The lowest BCUT2D eigenvalue weighted by molar-refractivity contribution is 0.0595. The van der Waals surface area contributed by atoms with E-state index in [1.54, 1.807) is 24.7 Å². The molecule has 0 aliphatic carbocycles. The van der Waals surface area contributed by atoms with Gasteiger partial charge in [0.1, 0.15) is 0 Å². The molecular weight excluding hydrogens is 204 g/mol. The highest BCUT2D eigenvalue weighted by Crippen LogP contribution is 2.21. The van der Waals surface area contributed by atoms with Gasteiger partial charge in [-0.25, -0.2) is 9.78 Å². The fourth-order valence-electron chi connectivity index (χ4n) is 1.42. The molecule has 0 atom stereocenters. The minimum Gasteiger partial charge on any atom is -0.464 e. The predicted octanol–water partition coefficient (Wildman–Crippen LogP) is 1.93. The summed E-state index contributed by atoms with van der Waals surface area (Å²) in [5.41, 5.74) is 1.87. The molecule has 2 aromatic rings. The Morgan fingerprint density at radius 3 is 2.75 bits per heavy atom. The smallest absolute Gasteiger partial charge is 0.357 e. The summed E-state index contributed by atoms with van der Waals surface area (Å²) in [5.74, 6) is -0.445. The summed E-state index contributed by atoms with van der Waals surface area (Å²) in [6.07, 6.45) is 4.92. The van der Waals surface area contributed by atoms with Crippen molar-refractivity contribution in [3.05, 3.63) is 48.5 Å². The average molecular weight is 214 g/mol.